The number of carbonyl (C=O) groups is 3. The number of benzene rings is 1. The molecule has 3 unspecified atom stereocenters. The number of carboxylic acids is 1. The summed E-state index contributed by atoms with van der Waals surface area (Å²) in [6, 6.07) is 4.49. The summed E-state index contributed by atoms with van der Waals surface area (Å²) in [4.78, 5) is 38.9. The number of primary sulfonamides is 1. The van der Waals surface area contributed by atoms with Crippen LogP contribution in [0.4, 0.5) is 0 Å². The monoisotopic (exact) mass is 573 g/mol. The first-order chi connectivity index (χ1) is 17.4. The summed E-state index contributed by atoms with van der Waals surface area (Å²) in [5.74, 6) is -2.70. The van der Waals surface area contributed by atoms with E-state index in [9.17, 15) is 38.1 Å². The molecule has 2 aromatic rings. The number of rotatable bonds is 10. The van der Waals surface area contributed by atoms with Gasteiger partial charge in [-0.2, -0.15) is 0 Å². The maximum Gasteiger partial charge on any atom is 0.313 e. The van der Waals surface area contributed by atoms with Crippen molar-refractivity contribution in [3.05, 3.63) is 29.8 Å². The highest BCUT2D eigenvalue weighted by atomic mass is 32.2. The van der Waals surface area contributed by atoms with Gasteiger partial charge >= 0.3 is 5.97 Å². The number of nitrogens with zero attached hydrogens (tertiary/aromatic N) is 5. The Morgan fingerprint density at radius 2 is 2.03 bits per heavy atom. The first-order valence-electron chi connectivity index (χ1n) is 10.7. The van der Waals surface area contributed by atoms with E-state index in [-0.39, 0.29) is 41.1 Å². The van der Waals surface area contributed by atoms with Gasteiger partial charge in [-0.25, -0.2) is 18.2 Å². The van der Waals surface area contributed by atoms with Gasteiger partial charge in [-0.15, -0.1) is 16.9 Å². The molecule has 0 spiro atoms. The van der Waals surface area contributed by atoms with Crippen LogP contribution < -0.4 is 10.5 Å². The van der Waals surface area contributed by atoms with Gasteiger partial charge in [-0.05, 0) is 28.1 Å². The molecule has 0 saturated carbocycles. The number of amides is 2. The van der Waals surface area contributed by atoms with Crippen LogP contribution in [0.1, 0.15) is 11.7 Å². The van der Waals surface area contributed by atoms with E-state index in [0.717, 1.165) is 11.8 Å². The van der Waals surface area contributed by atoms with E-state index in [4.69, 9.17) is 5.14 Å². The van der Waals surface area contributed by atoms with E-state index >= 15 is 0 Å². The number of carboxylic acid groups (broad SMARTS) is 1. The van der Waals surface area contributed by atoms with Crippen molar-refractivity contribution in [1.82, 2.24) is 30.4 Å². The fraction of sp³-hybridized carbons (Fsp3) is 0.474. The van der Waals surface area contributed by atoms with Crippen molar-refractivity contribution in [3.63, 3.8) is 0 Å². The van der Waals surface area contributed by atoms with Crippen LogP contribution in [0.3, 0.4) is 0 Å². The lowest BCUT2D eigenvalue weighted by Crippen LogP contribution is -2.74. The largest absolute Gasteiger partial charge is 0.508 e. The van der Waals surface area contributed by atoms with Gasteiger partial charge in [-0.1, -0.05) is 23.9 Å². The lowest BCUT2D eigenvalue weighted by Gasteiger charge is -2.53. The highest BCUT2D eigenvalue weighted by Crippen LogP contribution is 2.44. The van der Waals surface area contributed by atoms with Crippen LogP contribution in [-0.4, -0.2) is 102 Å². The smallest absolute Gasteiger partial charge is 0.313 e. The van der Waals surface area contributed by atoms with E-state index in [0.29, 0.717) is 0 Å². The molecule has 4 rings (SSSR count). The van der Waals surface area contributed by atoms with Crippen LogP contribution in [-0.2, 0) is 31.0 Å². The van der Waals surface area contributed by atoms with Gasteiger partial charge in [0.05, 0.1) is 12.3 Å². The predicted octanol–water partition coefficient (Wildman–Crippen LogP) is -2.04. The number of fused-ring (bicyclic) bond motifs is 1. The minimum atomic E-state index is -3.75. The third kappa shape index (κ3) is 5.82. The average molecular weight is 574 g/mol. The predicted molar refractivity (Wildman–Crippen MR) is 130 cm³/mol. The third-order valence-corrected chi connectivity index (χ3v) is 9.50. The van der Waals surface area contributed by atoms with Gasteiger partial charge in [0, 0.05) is 18.1 Å². The number of aliphatic hydroxyl groups excluding tert-OH is 1. The topological polar surface area (TPSA) is 231 Å². The molecular formula is C19H23N7O8S3. The zero-order valence-corrected chi connectivity index (χ0v) is 21.4. The second kappa shape index (κ2) is 10.4. The Labute approximate surface area is 218 Å². The highest BCUT2D eigenvalue weighted by molar-refractivity contribution is 8.00. The second-order valence-corrected chi connectivity index (χ2v) is 12.4. The van der Waals surface area contributed by atoms with Gasteiger partial charge < -0.3 is 25.5 Å². The van der Waals surface area contributed by atoms with Gasteiger partial charge in [-0.3, -0.25) is 14.4 Å². The number of nitrogens with two attached hydrogens (primary N) is 1. The van der Waals surface area contributed by atoms with Crippen molar-refractivity contribution < 1.29 is 38.1 Å². The Kier molecular flexibility index (Phi) is 7.65. The van der Waals surface area contributed by atoms with Crippen molar-refractivity contribution in [2.75, 3.05) is 23.8 Å². The number of sulfonamides is 1. The molecule has 2 amide bonds. The first kappa shape index (κ1) is 27.1. The molecule has 0 bridgehead atoms. The fourth-order valence-corrected chi connectivity index (χ4v) is 6.99. The standard InChI is InChI=1S/C19H23N7O8S3/c20-37(33,34)6-5-26-18(22-23-24-26)36-9-19(17(31)32)7-25-15(30)12(16(25)35-8-19)21-14(29)13(28)10-1-3-11(27)4-2-10/h1-4,12-13,16,27-28H,5-9H2,(H,21,29)(H,31,32)(H2,20,33,34)/t12?,13?,16-,19?/m1/s1. The first-order valence-corrected chi connectivity index (χ1v) is 14.5. The molecule has 18 heteroatoms. The summed E-state index contributed by atoms with van der Waals surface area (Å²) in [6.45, 7) is -0.218. The lowest BCUT2D eigenvalue weighted by atomic mass is 9.89. The third-order valence-electron chi connectivity index (χ3n) is 5.92. The molecule has 1 aromatic heterocycles. The second-order valence-electron chi connectivity index (χ2n) is 8.57. The minimum absolute atomic E-state index is 0.00181. The Morgan fingerprint density at radius 3 is 2.68 bits per heavy atom. The van der Waals surface area contributed by atoms with Crippen molar-refractivity contribution >= 4 is 51.3 Å². The van der Waals surface area contributed by atoms with Crippen LogP contribution in [0.5, 0.6) is 5.75 Å². The van der Waals surface area contributed by atoms with Crippen molar-refractivity contribution in [1.29, 1.82) is 0 Å². The van der Waals surface area contributed by atoms with E-state index in [2.05, 4.69) is 20.8 Å². The fourth-order valence-electron chi connectivity index (χ4n) is 3.80. The van der Waals surface area contributed by atoms with Gasteiger partial charge in [0.2, 0.25) is 21.1 Å². The van der Waals surface area contributed by atoms with E-state index in [1.165, 1.54) is 45.6 Å². The molecule has 0 radical (unpaired) electrons. The maximum absolute atomic E-state index is 12.8. The number of carbonyl (C=O) groups excluding carboxylic acids is 2. The molecule has 6 N–H and O–H groups in total. The quantitative estimate of drug-likeness (QED) is 0.153. The number of aromatic hydroxyl groups is 1. The molecule has 1 aromatic carbocycles. The Hall–Kier alpha value is -2.93. The SMILES string of the molecule is NS(=O)(=O)CCn1nnnc1SCC1(C(=O)O)CS[C@@H]2C(NC(=O)C(O)c3ccc(O)cc3)C(=O)N2C1. The molecule has 37 heavy (non-hydrogen) atoms. The van der Waals surface area contributed by atoms with E-state index in [1.807, 2.05) is 0 Å². The number of phenols is 1. The minimum Gasteiger partial charge on any atom is -0.508 e. The summed E-state index contributed by atoms with van der Waals surface area (Å²) in [7, 11) is -3.75. The van der Waals surface area contributed by atoms with Crippen LogP contribution in [0.2, 0.25) is 0 Å². The number of aliphatic carboxylic acids is 1. The van der Waals surface area contributed by atoms with E-state index in [1.54, 1.807) is 0 Å². The summed E-state index contributed by atoms with van der Waals surface area (Å²) < 4.78 is 23.7. The van der Waals surface area contributed by atoms with Crippen LogP contribution in [0.25, 0.3) is 0 Å². The maximum atomic E-state index is 12.8. The number of aliphatic hydroxyl groups is 1. The zero-order chi connectivity index (χ0) is 27.0. The van der Waals surface area contributed by atoms with Crippen LogP contribution >= 0.6 is 23.5 Å². The van der Waals surface area contributed by atoms with E-state index < -0.39 is 56.5 Å². The normalized spacial score (nSPS) is 24.2. The summed E-state index contributed by atoms with van der Waals surface area (Å²) >= 11 is 2.21. The van der Waals surface area contributed by atoms with Crippen molar-refractivity contribution in [2.45, 2.75) is 29.2 Å². The molecule has 0 aliphatic carbocycles. The number of tetrazole rings is 1. The average Bonchev–Trinajstić information content (AvgIpc) is 3.31. The Bertz CT molecular complexity index is 1300. The van der Waals surface area contributed by atoms with Gasteiger partial charge in [0.15, 0.2) is 6.10 Å². The number of aromatic nitrogens is 4. The number of aryl methyl sites for hydroxylation is 1. The Balaban J connectivity index is 1.37. The molecule has 15 nitrogen and oxygen atoms in total. The summed E-state index contributed by atoms with van der Waals surface area (Å²) in [5.41, 5.74) is -1.11. The number of nitrogens with one attached hydrogen (secondary N) is 1. The van der Waals surface area contributed by atoms with Crippen molar-refractivity contribution in [2.24, 2.45) is 10.6 Å². The van der Waals surface area contributed by atoms with Crippen LogP contribution in [0.15, 0.2) is 29.4 Å². The molecule has 2 fully saturated rings. The number of thioether (sulfide) groups is 2. The van der Waals surface area contributed by atoms with Crippen molar-refractivity contribution in [3.8, 4) is 5.75 Å². The summed E-state index contributed by atoms with van der Waals surface area (Å²) in [5, 5.41) is 47.9. The molecule has 2 aliphatic rings. The molecule has 2 aliphatic heterocycles. The zero-order valence-electron chi connectivity index (χ0n) is 19.0. The number of hydrogen-bond acceptors (Lipinski definition) is 12. The lowest BCUT2D eigenvalue weighted by molar-refractivity contribution is -0.158. The summed E-state index contributed by atoms with van der Waals surface area (Å²) in [6.07, 6.45) is -1.55. The number of hydrogen-bond donors (Lipinski definition) is 5. The molecule has 4 atom stereocenters. The molecule has 3 heterocycles. The molecule has 200 valence electrons. The number of phenolic OH excluding ortho intramolecular Hbond substituents is 1. The Morgan fingerprint density at radius 1 is 1.32 bits per heavy atom. The van der Waals surface area contributed by atoms with Gasteiger partial charge in [0.25, 0.3) is 5.91 Å². The van der Waals surface area contributed by atoms with Gasteiger partial charge in [0.1, 0.15) is 22.6 Å². The molecule has 2 saturated heterocycles. The molecular weight excluding hydrogens is 550 g/mol. The number of β-lactam (4-membered cyclic amide) rings is 1. The highest BCUT2D eigenvalue weighted by Gasteiger charge is 2.57. The van der Waals surface area contributed by atoms with Crippen LogP contribution in [0, 0.1) is 5.41 Å².